The molecule has 0 aromatic rings. The lowest BCUT2D eigenvalue weighted by molar-refractivity contribution is -0.168. The number of rotatable bonds is 14. The molecule has 0 heterocycles. The smallest absolute Gasteiger partial charge is 0.317 e. The summed E-state index contributed by atoms with van der Waals surface area (Å²) < 4.78 is 10.8. The van der Waals surface area contributed by atoms with Gasteiger partial charge in [-0.05, 0) is 66.2 Å². The molecule has 0 saturated carbocycles. The van der Waals surface area contributed by atoms with E-state index in [9.17, 15) is 9.59 Å². The lowest BCUT2D eigenvalue weighted by Gasteiger charge is -2.27. The third-order valence-corrected chi connectivity index (χ3v) is 3.94. The molecule has 0 fully saturated rings. The number of ether oxygens (including phenoxy) is 2. The Morgan fingerprint density at radius 1 is 0.680 bits per heavy atom. The van der Waals surface area contributed by atoms with Crippen molar-refractivity contribution in [3.8, 4) is 0 Å². The van der Waals surface area contributed by atoms with Crippen LogP contribution in [0.25, 0.3) is 0 Å². The average Bonchev–Trinajstić information content (AvgIpc) is 2.46. The molecule has 0 aliphatic rings. The molecule has 0 spiro atoms. The third kappa shape index (κ3) is 13.8. The SMILES string of the molecule is CC(C)(CCCCCO)OC(=O)CC(=O)OC(C)(C)CCCCCO. The van der Waals surface area contributed by atoms with E-state index < -0.39 is 23.1 Å². The van der Waals surface area contributed by atoms with Crippen LogP contribution in [-0.2, 0) is 19.1 Å². The Hall–Kier alpha value is -1.14. The second kappa shape index (κ2) is 12.3. The van der Waals surface area contributed by atoms with Crippen molar-refractivity contribution in [2.24, 2.45) is 0 Å². The number of unbranched alkanes of at least 4 members (excludes halogenated alkanes) is 4. The van der Waals surface area contributed by atoms with E-state index in [-0.39, 0.29) is 19.6 Å². The summed E-state index contributed by atoms with van der Waals surface area (Å²) in [5, 5.41) is 17.5. The van der Waals surface area contributed by atoms with Crippen molar-refractivity contribution >= 4 is 11.9 Å². The van der Waals surface area contributed by atoms with Crippen molar-refractivity contribution in [1.29, 1.82) is 0 Å². The fourth-order valence-corrected chi connectivity index (χ4v) is 2.59. The molecule has 2 N–H and O–H groups in total. The Bertz CT molecular complexity index is 353. The van der Waals surface area contributed by atoms with Crippen LogP contribution < -0.4 is 0 Å². The maximum absolute atomic E-state index is 12.0. The van der Waals surface area contributed by atoms with Crippen molar-refractivity contribution in [3.05, 3.63) is 0 Å². The summed E-state index contributed by atoms with van der Waals surface area (Å²) >= 11 is 0. The van der Waals surface area contributed by atoms with Gasteiger partial charge in [-0.1, -0.05) is 12.8 Å². The van der Waals surface area contributed by atoms with Crippen molar-refractivity contribution in [3.63, 3.8) is 0 Å². The van der Waals surface area contributed by atoms with Crippen LogP contribution >= 0.6 is 0 Å². The number of esters is 2. The van der Waals surface area contributed by atoms with Gasteiger partial charge in [-0.3, -0.25) is 9.59 Å². The molecule has 0 aliphatic heterocycles. The van der Waals surface area contributed by atoms with E-state index in [0.29, 0.717) is 12.8 Å². The minimum atomic E-state index is -0.632. The monoisotopic (exact) mass is 360 g/mol. The van der Waals surface area contributed by atoms with E-state index in [1.54, 1.807) is 0 Å². The van der Waals surface area contributed by atoms with Crippen molar-refractivity contribution in [1.82, 2.24) is 0 Å². The molecule has 0 bridgehead atoms. The van der Waals surface area contributed by atoms with Crippen LogP contribution in [0.5, 0.6) is 0 Å². The van der Waals surface area contributed by atoms with Crippen molar-refractivity contribution in [2.45, 2.75) is 96.7 Å². The summed E-state index contributed by atoms with van der Waals surface area (Å²) in [5.74, 6) is -1.15. The standard InChI is InChI=1S/C19H36O6/c1-18(2,11-7-5-9-13-20)24-16(22)15-17(23)25-19(3,4)12-8-6-10-14-21/h20-21H,5-15H2,1-4H3. The second-order valence-electron chi connectivity index (χ2n) is 7.71. The van der Waals surface area contributed by atoms with E-state index in [0.717, 1.165) is 38.5 Å². The number of hydrogen-bond donors (Lipinski definition) is 2. The highest BCUT2D eigenvalue weighted by Gasteiger charge is 2.27. The Morgan fingerprint density at radius 3 is 1.36 bits per heavy atom. The third-order valence-electron chi connectivity index (χ3n) is 3.94. The molecule has 148 valence electrons. The normalized spacial score (nSPS) is 12.1. The highest BCUT2D eigenvalue weighted by Crippen LogP contribution is 2.22. The number of aliphatic hydroxyl groups is 2. The molecule has 0 amide bonds. The van der Waals surface area contributed by atoms with Crippen LogP contribution in [0.1, 0.15) is 85.5 Å². The van der Waals surface area contributed by atoms with Crippen LogP contribution in [0.2, 0.25) is 0 Å². The van der Waals surface area contributed by atoms with Gasteiger partial charge in [0.25, 0.3) is 0 Å². The molecule has 0 radical (unpaired) electrons. The van der Waals surface area contributed by atoms with Gasteiger partial charge in [0, 0.05) is 13.2 Å². The predicted octanol–water partition coefficient (Wildman–Crippen LogP) is 3.13. The zero-order chi connectivity index (χ0) is 19.3. The quantitative estimate of drug-likeness (QED) is 0.281. The minimum absolute atomic E-state index is 0.168. The summed E-state index contributed by atoms with van der Waals surface area (Å²) in [7, 11) is 0. The Morgan fingerprint density at radius 2 is 1.04 bits per heavy atom. The Kier molecular flexibility index (Phi) is 11.7. The molecule has 25 heavy (non-hydrogen) atoms. The van der Waals surface area contributed by atoms with Gasteiger partial charge in [0.15, 0.2) is 0 Å². The molecule has 0 aromatic heterocycles. The first-order valence-electron chi connectivity index (χ1n) is 9.27. The fourth-order valence-electron chi connectivity index (χ4n) is 2.59. The Labute approximate surface area is 151 Å². The van der Waals surface area contributed by atoms with Gasteiger partial charge in [-0.25, -0.2) is 0 Å². The molecular weight excluding hydrogens is 324 g/mol. The van der Waals surface area contributed by atoms with Gasteiger partial charge >= 0.3 is 11.9 Å². The van der Waals surface area contributed by atoms with Crippen LogP contribution in [0.4, 0.5) is 0 Å². The van der Waals surface area contributed by atoms with Crippen LogP contribution in [0, 0.1) is 0 Å². The Balaban J connectivity index is 4.16. The molecule has 6 nitrogen and oxygen atoms in total. The fraction of sp³-hybridized carbons (Fsp3) is 0.895. The van der Waals surface area contributed by atoms with E-state index >= 15 is 0 Å². The van der Waals surface area contributed by atoms with E-state index in [2.05, 4.69) is 0 Å². The summed E-state index contributed by atoms with van der Waals surface area (Å²) in [4.78, 5) is 23.9. The van der Waals surface area contributed by atoms with Gasteiger partial charge in [0.2, 0.25) is 0 Å². The molecule has 0 aromatic carbocycles. The molecule has 0 rings (SSSR count). The summed E-state index contributed by atoms with van der Waals surface area (Å²) in [6.45, 7) is 7.62. The number of carbonyl (C=O) groups is 2. The van der Waals surface area contributed by atoms with Crippen molar-refractivity contribution < 1.29 is 29.3 Å². The van der Waals surface area contributed by atoms with Gasteiger partial charge < -0.3 is 19.7 Å². The van der Waals surface area contributed by atoms with E-state index in [1.165, 1.54) is 0 Å². The second-order valence-corrected chi connectivity index (χ2v) is 7.71. The summed E-state index contributed by atoms with van der Waals surface area (Å²) in [6, 6.07) is 0. The lowest BCUT2D eigenvalue weighted by atomic mass is 10.00. The van der Waals surface area contributed by atoms with Crippen LogP contribution in [0.3, 0.4) is 0 Å². The van der Waals surface area contributed by atoms with E-state index in [1.807, 2.05) is 27.7 Å². The largest absolute Gasteiger partial charge is 0.459 e. The molecule has 0 unspecified atom stereocenters. The highest BCUT2D eigenvalue weighted by molar-refractivity contribution is 5.91. The molecule has 0 saturated heterocycles. The predicted molar refractivity (Wildman–Crippen MR) is 96.1 cm³/mol. The van der Waals surface area contributed by atoms with Gasteiger partial charge in [-0.2, -0.15) is 0 Å². The zero-order valence-corrected chi connectivity index (χ0v) is 16.3. The van der Waals surface area contributed by atoms with Gasteiger partial charge in [-0.15, -0.1) is 0 Å². The first-order valence-corrected chi connectivity index (χ1v) is 9.27. The van der Waals surface area contributed by atoms with Crippen LogP contribution in [0.15, 0.2) is 0 Å². The summed E-state index contributed by atoms with van der Waals surface area (Å²) in [5.41, 5.74) is -1.26. The highest BCUT2D eigenvalue weighted by atomic mass is 16.6. The van der Waals surface area contributed by atoms with Crippen LogP contribution in [-0.4, -0.2) is 46.6 Å². The first-order chi connectivity index (χ1) is 11.6. The molecule has 6 heteroatoms. The molecule has 0 aliphatic carbocycles. The first kappa shape index (κ1) is 23.9. The molecular formula is C19H36O6. The van der Waals surface area contributed by atoms with Gasteiger partial charge in [0.05, 0.1) is 0 Å². The van der Waals surface area contributed by atoms with Gasteiger partial charge in [0.1, 0.15) is 17.6 Å². The molecule has 0 atom stereocenters. The number of carbonyl (C=O) groups excluding carboxylic acids is 2. The number of aliphatic hydroxyl groups excluding tert-OH is 2. The minimum Gasteiger partial charge on any atom is -0.459 e. The topological polar surface area (TPSA) is 93.1 Å². The van der Waals surface area contributed by atoms with E-state index in [4.69, 9.17) is 19.7 Å². The number of hydrogen-bond acceptors (Lipinski definition) is 6. The lowest BCUT2D eigenvalue weighted by Crippen LogP contribution is -2.32. The maximum atomic E-state index is 12.0. The zero-order valence-electron chi connectivity index (χ0n) is 16.3. The maximum Gasteiger partial charge on any atom is 0.317 e. The summed E-state index contributed by atoms with van der Waals surface area (Å²) in [6.07, 6.45) is 5.92. The van der Waals surface area contributed by atoms with Crippen molar-refractivity contribution in [2.75, 3.05) is 13.2 Å². The average molecular weight is 360 g/mol.